The Morgan fingerprint density at radius 3 is 2.66 bits per heavy atom. The molecule has 2 aliphatic rings. The zero-order valence-corrected chi connectivity index (χ0v) is 18.3. The van der Waals surface area contributed by atoms with Crippen LogP contribution in [0.1, 0.15) is 36.0 Å². The van der Waals surface area contributed by atoms with Crippen LogP contribution < -0.4 is 10.6 Å². The number of anilines is 2. The van der Waals surface area contributed by atoms with Crippen LogP contribution in [0.15, 0.2) is 51.8 Å². The van der Waals surface area contributed by atoms with E-state index in [1.807, 2.05) is 0 Å². The number of rotatable bonds is 7. The second-order valence-electron chi connectivity index (χ2n) is 7.90. The molecule has 0 bridgehead atoms. The van der Waals surface area contributed by atoms with E-state index in [4.69, 9.17) is 0 Å². The molecule has 0 spiro atoms. The van der Waals surface area contributed by atoms with Crippen molar-refractivity contribution in [1.82, 2.24) is 4.90 Å². The van der Waals surface area contributed by atoms with Gasteiger partial charge in [0.1, 0.15) is 11.5 Å². The predicted molar refractivity (Wildman–Crippen MR) is 121 cm³/mol. The maximum atomic E-state index is 12.7. The highest BCUT2D eigenvalue weighted by Crippen LogP contribution is 2.32. The van der Waals surface area contributed by atoms with Crippen LogP contribution in [0.2, 0.25) is 0 Å². The number of amides is 1. The fourth-order valence-electron chi connectivity index (χ4n) is 3.43. The monoisotopic (exact) mass is 457 g/mol. The molecule has 2 aromatic rings. The smallest absolute Gasteiger partial charge is 0.293 e. The first-order valence-corrected chi connectivity index (χ1v) is 11.7. The molecule has 1 heterocycles. The molecular formula is C21H23N5O5S. The number of carbonyl (C=O) groups excluding carboxylic acids is 1. The summed E-state index contributed by atoms with van der Waals surface area (Å²) in [7, 11) is -2.14. The average molecular weight is 458 g/mol. The molecule has 1 saturated heterocycles. The number of hydrogen-bond acceptors (Lipinski definition) is 6. The van der Waals surface area contributed by atoms with Crippen molar-refractivity contribution in [3.05, 3.63) is 58.1 Å². The minimum atomic E-state index is -3.93. The summed E-state index contributed by atoms with van der Waals surface area (Å²) in [6.07, 6.45) is 3.36. The van der Waals surface area contributed by atoms with Gasteiger partial charge in [-0.1, -0.05) is 6.07 Å². The third kappa shape index (κ3) is 4.88. The summed E-state index contributed by atoms with van der Waals surface area (Å²) in [5.74, 6) is -0.0749. The SMILES string of the molecule is CN1CCC/C1=N\S(=O)(=O)c1cccc(NC(=O)c2ccc(NC3CC3)c([N+](=O)[O-])c2)c1. The summed E-state index contributed by atoms with van der Waals surface area (Å²) >= 11 is 0. The Kier molecular flexibility index (Phi) is 5.83. The molecule has 1 aliphatic heterocycles. The highest BCUT2D eigenvalue weighted by atomic mass is 32.2. The van der Waals surface area contributed by atoms with E-state index in [0.717, 1.165) is 25.8 Å². The van der Waals surface area contributed by atoms with Crippen molar-refractivity contribution >= 4 is 38.8 Å². The standard InChI is InChI=1S/C21H23N5O5S/c1-25-11-3-6-20(25)24-32(30,31)17-5-2-4-16(13-17)23-21(27)14-7-10-18(22-15-8-9-15)19(12-14)26(28)29/h2,4-5,7,10,12-13,15,22H,3,6,8-9,11H2,1H3,(H,23,27)/b24-20+. The molecule has 0 radical (unpaired) electrons. The lowest BCUT2D eigenvalue weighted by atomic mass is 10.1. The molecule has 1 amide bonds. The Morgan fingerprint density at radius 1 is 1.22 bits per heavy atom. The van der Waals surface area contributed by atoms with Crippen molar-refractivity contribution in [2.75, 3.05) is 24.2 Å². The summed E-state index contributed by atoms with van der Waals surface area (Å²) < 4.78 is 29.3. The molecule has 1 saturated carbocycles. The summed E-state index contributed by atoms with van der Waals surface area (Å²) in [6, 6.07) is 10.2. The van der Waals surface area contributed by atoms with Crippen LogP contribution in [-0.4, -0.2) is 49.6 Å². The second-order valence-corrected chi connectivity index (χ2v) is 9.50. The van der Waals surface area contributed by atoms with Gasteiger partial charge in [0.25, 0.3) is 21.6 Å². The highest BCUT2D eigenvalue weighted by Gasteiger charge is 2.26. The lowest BCUT2D eigenvalue weighted by Gasteiger charge is -2.11. The van der Waals surface area contributed by atoms with Gasteiger partial charge < -0.3 is 15.5 Å². The van der Waals surface area contributed by atoms with Crippen molar-refractivity contribution in [3.8, 4) is 0 Å². The Hall–Kier alpha value is -3.47. The van der Waals surface area contributed by atoms with Crippen LogP contribution in [0.25, 0.3) is 0 Å². The number of sulfonamides is 1. The molecule has 0 aromatic heterocycles. The van der Waals surface area contributed by atoms with Crippen molar-refractivity contribution in [3.63, 3.8) is 0 Å². The van der Waals surface area contributed by atoms with E-state index in [1.165, 1.54) is 36.4 Å². The van der Waals surface area contributed by atoms with E-state index in [2.05, 4.69) is 15.0 Å². The van der Waals surface area contributed by atoms with Crippen LogP contribution in [0.4, 0.5) is 17.1 Å². The van der Waals surface area contributed by atoms with Gasteiger partial charge in [0.15, 0.2) is 0 Å². The van der Waals surface area contributed by atoms with E-state index in [1.54, 1.807) is 18.0 Å². The van der Waals surface area contributed by atoms with Gasteiger partial charge in [-0.25, -0.2) is 0 Å². The molecule has 4 rings (SSSR count). The molecule has 168 valence electrons. The second kappa shape index (κ2) is 8.58. The molecule has 2 N–H and O–H groups in total. The van der Waals surface area contributed by atoms with Gasteiger partial charge in [-0.2, -0.15) is 8.42 Å². The van der Waals surface area contributed by atoms with Gasteiger partial charge >= 0.3 is 0 Å². The maximum absolute atomic E-state index is 12.7. The minimum Gasteiger partial charge on any atom is -0.377 e. The molecule has 10 nitrogen and oxygen atoms in total. The average Bonchev–Trinajstić information content (AvgIpc) is 3.48. The van der Waals surface area contributed by atoms with Crippen molar-refractivity contribution < 1.29 is 18.1 Å². The first-order chi connectivity index (χ1) is 15.2. The number of hydrogen-bond donors (Lipinski definition) is 2. The van der Waals surface area contributed by atoms with Gasteiger partial charge in [-0.05, 0) is 49.6 Å². The topological polar surface area (TPSA) is 134 Å². The normalized spacial score (nSPS) is 17.4. The van der Waals surface area contributed by atoms with Gasteiger partial charge in [0.2, 0.25) is 0 Å². The Balaban J connectivity index is 1.54. The molecule has 0 unspecified atom stereocenters. The first-order valence-electron chi connectivity index (χ1n) is 10.2. The van der Waals surface area contributed by atoms with Gasteiger partial charge in [-0.3, -0.25) is 14.9 Å². The molecule has 32 heavy (non-hydrogen) atoms. The first kappa shape index (κ1) is 21.8. The summed E-state index contributed by atoms with van der Waals surface area (Å²) in [4.78, 5) is 25.3. The molecule has 2 aromatic carbocycles. The molecular weight excluding hydrogens is 434 g/mol. The Bertz CT molecular complexity index is 1210. The van der Waals surface area contributed by atoms with E-state index < -0.39 is 20.9 Å². The lowest BCUT2D eigenvalue weighted by molar-refractivity contribution is -0.384. The van der Waals surface area contributed by atoms with E-state index in [9.17, 15) is 23.3 Å². The third-order valence-electron chi connectivity index (χ3n) is 5.34. The van der Waals surface area contributed by atoms with Gasteiger partial charge in [0.05, 0.1) is 9.82 Å². The predicted octanol–water partition coefficient (Wildman–Crippen LogP) is 3.23. The fraction of sp³-hybridized carbons (Fsp3) is 0.333. The van der Waals surface area contributed by atoms with Crippen molar-refractivity contribution in [1.29, 1.82) is 0 Å². The summed E-state index contributed by atoms with van der Waals surface area (Å²) in [5, 5.41) is 17.1. The quantitative estimate of drug-likeness (QED) is 0.481. The third-order valence-corrected chi connectivity index (χ3v) is 6.64. The number of amidine groups is 1. The number of likely N-dealkylation sites (tertiary alicyclic amines) is 1. The number of nitrogens with one attached hydrogen (secondary N) is 2. The largest absolute Gasteiger partial charge is 0.377 e. The molecule has 11 heteroatoms. The minimum absolute atomic E-state index is 0.0435. The summed E-state index contributed by atoms with van der Waals surface area (Å²) in [5.41, 5.74) is 0.536. The number of nitro groups is 1. The van der Waals surface area contributed by atoms with Crippen LogP contribution in [0, 0.1) is 10.1 Å². The Labute approximate surface area is 185 Å². The highest BCUT2D eigenvalue weighted by molar-refractivity contribution is 7.90. The van der Waals surface area contributed by atoms with E-state index in [-0.39, 0.29) is 27.9 Å². The zero-order valence-electron chi connectivity index (χ0n) is 17.4. The van der Waals surface area contributed by atoms with E-state index >= 15 is 0 Å². The van der Waals surface area contributed by atoms with Crippen molar-refractivity contribution in [2.24, 2.45) is 4.40 Å². The lowest BCUT2D eigenvalue weighted by Crippen LogP contribution is -2.20. The molecule has 1 aliphatic carbocycles. The van der Waals surface area contributed by atoms with Crippen LogP contribution in [-0.2, 0) is 10.0 Å². The number of carbonyl (C=O) groups is 1. The fourth-order valence-corrected chi connectivity index (χ4v) is 4.57. The zero-order chi connectivity index (χ0) is 22.9. The number of nitrogens with zero attached hydrogens (tertiary/aromatic N) is 3. The number of benzene rings is 2. The van der Waals surface area contributed by atoms with Crippen LogP contribution >= 0.6 is 0 Å². The summed E-state index contributed by atoms with van der Waals surface area (Å²) in [6.45, 7) is 0.756. The number of nitro benzene ring substituents is 1. The Morgan fingerprint density at radius 2 is 2.00 bits per heavy atom. The molecule has 0 atom stereocenters. The van der Waals surface area contributed by atoms with Gasteiger partial charge in [-0.15, -0.1) is 4.40 Å². The van der Waals surface area contributed by atoms with E-state index in [0.29, 0.717) is 17.9 Å². The van der Waals surface area contributed by atoms with Gasteiger partial charge in [0, 0.05) is 43.4 Å². The van der Waals surface area contributed by atoms with Crippen molar-refractivity contribution in [2.45, 2.75) is 36.6 Å². The maximum Gasteiger partial charge on any atom is 0.293 e. The molecule has 2 fully saturated rings. The van der Waals surface area contributed by atoms with Crippen LogP contribution in [0.3, 0.4) is 0 Å². The van der Waals surface area contributed by atoms with Crippen LogP contribution in [0.5, 0.6) is 0 Å².